The molecule has 0 radical (unpaired) electrons. The van der Waals surface area contributed by atoms with E-state index in [9.17, 15) is 19.8 Å². The van der Waals surface area contributed by atoms with Gasteiger partial charge < -0.3 is 20.8 Å². The number of ketones is 1. The molecule has 190 valence electrons. The van der Waals surface area contributed by atoms with Crippen molar-refractivity contribution in [1.29, 1.82) is 0 Å². The molecular weight excluding hydrogens is 438 g/mol. The van der Waals surface area contributed by atoms with Crippen molar-refractivity contribution in [2.75, 3.05) is 12.8 Å². The van der Waals surface area contributed by atoms with Gasteiger partial charge in [0.25, 0.3) is 0 Å². The maximum absolute atomic E-state index is 13.1. The Morgan fingerprint density at radius 2 is 1.70 bits per heavy atom. The van der Waals surface area contributed by atoms with Crippen LogP contribution in [-0.2, 0) is 9.59 Å². The van der Waals surface area contributed by atoms with Gasteiger partial charge in [-0.05, 0) is 59.4 Å². The van der Waals surface area contributed by atoms with E-state index in [2.05, 4.69) is 31.4 Å². The Bertz CT molecular complexity index is 824. The topological polar surface area (TPSA) is 104 Å². The number of carbonyl (C=O) groups excluding carboxylic acids is 2. The summed E-state index contributed by atoms with van der Waals surface area (Å²) >= 11 is 1.40. The van der Waals surface area contributed by atoms with Crippen molar-refractivity contribution >= 4 is 23.5 Å². The summed E-state index contributed by atoms with van der Waals surface area (Å²) in [5.74, 6) is 0.587. The fourth-order valence-electron chi connectivity index (χ4n) is 4.63. The number of aromatic nitrogens is 1. The number of rotatable bonds is 12. The minimum Gasteiger partial charge on any atom is -0.494 e. The van der Waals surface area contributed by atoms with Gasteiger partial charge in [0.2, 0.25) is 11.8 Å². The summed E-state index contributed by atoms with van der Waals surface area (Å²) in [6, 6.07) is 1.02. The zero-order chi connectivity index (χ0) is 25.8. The molecule has 0 spiro atoms. The Kier molecular flexibility index (Phi) is 9.94. The predicted octanol–water partition coefficient (Wildman–Crippen LogP) is 4.87. The minimum atomic E-state index is -0.702. The third kappa shape index (κ3) is 8.89. The lowest BCUT2D eigenvalue weighted by Crippen LogP contribution is -2.50. The van der Waals surface area contributed by atoms with Gasteiger partial charge >= 0.3 is 0 Å². The summed E-state index contributed by atoms with van der Waals surface area (Å²) in [5, 5.41) is 27.4. The summed E-state index contributed by atoms with van der Waals surface area (Å²) in [5.41, 5.74) is -0.961. The third-order valence-corrected chi connectivity index (χ3v) is 6.80. The van der Waals surface area contributed by atoms with Gasteiger partial charge in [-0.3, -0.25) is 14.2 Å². The second-order valence-corrected chi connectivity index (χ2v) is 12.8. The molecule has 0 aliphatic heterocycles. The smallest absolute Gasteiger partial charge is 0.226 e. The molecule has 0 fully saturated rings. The molecule has 0 bridgehead atoms. The van der Waals surface area contributed by atoms with Gasteiger partial charge in [0.1, 0.15) is 5.78 Å². The average molecular weight is 484 g/mol. The largest absolute Gasteiger partial charge is 0.494 e. The van der Waals surface area contributed by atoms with E-state index >= 15 is 0 Å². The van der Waals surface area contributed by atoms with Crippen LogP contribution in [0.2, 0.25) is 0 Å². The maximum Gasteiger partial charge on any atom is 0.226 e. The van der Waals surface area contributed by atoms with Gasteiger partial charge in [0.05, 0.1) is 10.9 Å². The van der Waals surface area contributed by atoms with Crippen molar-refractivity contribution in [3.05, 3.63) is 6.07 Å². The number of likely N-dealkylation sites (N-methyl/N-ethyl adjacent to an activating group) is 1. The first-order valence-corrected chi connectivity index (χ1v) is 12.6. The van der Waals surface area contributed by atoms with E-state index in [1.807, 2.05) is 34.6 Å². The fraction of sp³-hybridized carbons (Fsp3) is 0.760. The summed E-state index contributed by atoms with van der Waals surface area (Å²) in [4.78, 5) is 25.3. The van der Waals surface area contributed by atoms with Gasteiger partial charge in [-0.1, -0.05) is 34.6 Å². The lowest BCUT2D eigenvalue weighted by atomic mass is 9.79. The van der Waals surface area contributed by atoms with Crippen LogP contribution in [-0.4, -0.2) is 50.9 Å². The zero-order valence-corrected chi connectivity index (χ0v) is 22.9. The number of carbonyl (C=O) groups is 2. The summed E-state index contributed by atoms with van der Waals surface area (Å²) in [6.45, 7) is 17.7. The molecule has 4 N–H and O–H groups in total. The first kappa shape index (κ1) is 29.4. The Hall–Kier alpha value is -1.67. The van der Waals surface area contributed by atoms with Gasteiger partial charge in [0.15, 0.2) is 5.88 Å². The molecule has 0 saturated heterocycles. The number of thioether (sulfide) groups is 1. The molecule has 1 heterocycles. The van der Waals surface area contributed by atoms with Gasteiger partial charge in [-0.15, -0.1) is 11.8 Å². The summed E-state index contributed by atoms with van der Waals surface area (Å²) in [6.07, 6.45) is 1.90. The van der Waals surface area contributed by atoms with E-state index in [4.69, 9.17) is 0 Å². The maximum atomic E-state index is 13.1. The number of nitrogens with zero attached hydrogens (tertiary/aromatic N) is 1. The van der Waals surface area contributed by atoms with Crippen LogP contribution in [0.15, 0.2) is 11.0 Å². The van der Waals surface area contributed by atoms with E-state index in [1.54, 1.807) is 14.0 Å². The van der Waals surface area contributed by atoms with Crippen LogP contribution < -0.4 is 10.6 Å². The van der Waals surface area contributed by atoms with E-state index in [1.165, 1.54) is 22.4 Å². The first-order chi connectivity index (χ1) is 14.9. The van der Waals surface area contributed by atoms with Crippen LogP contribution in [0.4, 0.5) is 0 Å². The molecule has 0 saturated carbocycles. The molecule has 1 aromatic rings. The highest BCUT2D eigenvalue weighted by Gasteiger charge is 2.36. The molecule has 8 heteroatoms. The Balaban J connectivity index is 2.88. The second kappa shape index (κ2) is 11.2. The van der Waals surface area contributed by atoms with Crippen molar-refractivity contribution in [3.63, 3.8) is 0 Å². The van der Waals surface area contributed by atoms with Crippen molar-refractivity contribution in [2.24, 2.45) is 10.8 Å². The number of hydrogen-bond acceptors (Lipinski definition) is 6. The molecule has 2 atom stereocenters. The van der Waals surface area contributed by atoms with Crippen LogP contribution in [0.25, 0.3) is 0 Å². The molecule has 1 rings (SSSR count). The number of aromatic hydroxyl groups is 2. The van der Waals surface area contributed by atoms with Crippen molar-refractivity contribution in [1.82, 2.24) is 15.2 Å². The Morgan fingerprint density at radius 3 is 2.18 bits per heavy atom. The molecule has 0 aromatic carbocycles. The summed E-state index contributed by atoms with van der Waals surface area (Å²) < 4.78 is 1.47. The molecule has 1 aromatic heterocycles. The third-order valence-electron chi connectivity index (χ3n) is 5.74. The molecular formula is C25H45N3O4S. The normalized spacial score (nSPS) is 14.7. The van der Waals surface area contributed by atoms with Gasteiger partial charge in [-0.2, -0.15) is 0 Å². The summed E-state index contributed by atoms with van der Waals surface area (Å²) in [7, 11) is 1.75. The highest BCUT2D eigenvalue weighted by molar-refractivity contribution is 7.99. The van der Waals surface area contributed by atoms with Crippen molar-refractivity contribution in [3.8, 4) is 11.8 Å². The highest BCUT2D eigenvalue weighted by Crippen LogP contribution is 2.41. The van der Waals surface area contributed by atoms with E-state index in [0.717, 1.165) is 6.42 Å². The quantitative estimate of drug-likeness (QED) is 0.316. The van der Waals surface area contributed by atoms with E-state index in [-0.39, 0.29) is 46.5 Å². The van der Waals surface area contributed by atoms with Gasteiger partial charge in [-0.25, -0.2) is 0 Å². The number of nitrogens with one attached hydrogen (secondary N) is 2. The molecule has 1 amide bonds. The second-order valence-electron chi connectivity index (χ2n) is 11.7. The highest BCUT2D eigenvalue weighted by atomic mass is 32.2. The SMILES string of the molecule is CNC(CCSc1cc(O)n(C(C)CC(C)(C)C(=O)NC(C)(C)CC(C)(C)C)c1O)C(C)=O. The number of Topliss-reactive ketones (excluding diaryl/α,β-unsaturated/α-hetero) is 1. The number of hydrogen-bond donors (Lipinski definition) is 4. The fourth-order valence-corrected chi connectivity index (χ4v) is 5.62. The molecule has 7 nitrogen and oxygen atoms in total. The van der Waals surface area contributed by atoms with E-state index < -0.39 is 5.41 Å². The first-order valence-electron chi connectivity index (χ1n) is 11.7. The van der Waals surface area contributed by atoms with Crippen molar-refractivity contribution in [2.45, 2.75) is 104 Å². The van der Waals surface area contributed by atoms with Crippen LogP contribution >= 0.6 is 11.8 Å². The average Bonchev–Trinajstić information content (AvgIpc) is 2.89. The van der Waals surface area contributed by atoms with E-state index in [0.29, 0.717) is 23.5 Å². The molecule has 2 unspecified atom stereocenters. The van der Waals surface area contributed by atoms with Crippen LogP contribution in [0.5, 0.6) is 11.8 Å². The van der Waals surface area contributed by atoms with Crippen LogP contribution in [0.1, 0.15) is 87.6 Å². The lowest BCUT2D eigenvalue weighted by molar-refractivity contribution is -0.132. The predicted molar refractivity (Wildman–Crippen MR) is 136 cm³/mol. The van der Waals surface area contributed by atoms with Crippen LogP contribution in [0.3, 0.4) is 0 Å². The molecule has 0 aliphatic rings. The monoisotopic (exact) mass is 483 g/mol. The van der Waals surface area contributed by atoms with Crippen LogP contribution in [0, 0.1) is 10.8 Å². The minimum absolute atomic E-state index is 0.0156. The van der Waals surface area contributed by atoms with Crippen molar-refractivity contribution < 1.29 is 19.8 Å². The lowest BCUT2D eigenvalue weighted by Gasteiger charge is -2.37. The Morgan fingerprint density at radius 1 is 1.12 bits per heavy atom. The zero-order valence-electron chi connectivity index (χ0n) is 22.1. The number of amides is 1. The van der Waals surface area contributed by atoms with Gasteiger partial charge in [0, 0.05) is 28.8 Å². The molecule has 33 heavy (non-hydrogen) atoms. The standard InChI is InChI=1S/C25H45N3O4S/c1-16(14-24(6,7)22(32)27-25(8,9)15-23(3,4)5)28-20(30)13-19(21(28)31)33-12-11-18(26-10)17(2)29/h13,16,18,26,30-31H,11-12,14-15H2,1-10H3,(H,27,32). The Labute approximate surface area is 204 Å². The molecule has 0 aliphatic carbocycles.